The molecule has 8 nitrogen and oxygen atoms in total. The molecule has 1 aliphatic heterocycles. The molecule has 0 aliphatic carbocycles. The first kappa shape index (κ1) is 23.7. The predicted molar refractivity (Wildman–Crippen MR) is 113 cm³/mol. The molecule has 0 saturated carbocycles. The van der Waals surface area contributed by atoms with Crippen LogP contribution in [0.4, 0.5) is 0 Å². The fourth-order valence-electron chi connectivity index (χ4n) is 3.38. The van der Waals surface area contributed by atoms with E-state index in [-0.39, 0.29) is 23.6 Å². The SMILES string of the molecule is CCC(C)N(C(=O)COC(=O)/C=C/c1cc(OC)ccc1OC)C1CCS(=O)(=O)C1. The van der Waals surface area contributed by atoms with Gasteiger partial charge in [0.05, 0.1) is 25.7 Å². The van der Waals surface area contributed by atoms with Crippen LogP contribution in [0, 0.1) is 0 Å². The van der Waals surface area contributed by atoms with E-state index in [0.29, 0.717) is 29.9 Å². The summed E-state index contributed by atoms with van der Waals surface area (Å²) in [5.41, 5.74) is 0.623. The van der Waals surface area contributed by atoms with E-state index in [4.69, 9.17) is 14.2 Å². The van der Waals surface area contributed by atoms with Crippen LogP contribution in [0.2, 0.25) is 0 Å². The quantitative estimate of drug-likeness (QED) is 0.429. The van der Waals surface area contributed by atoms with Crippen molar-refractivity contribution in [3.05, 3.63) is 29.8 Å². The van der Waals surface area contributed by atoms with Crippen molar-refractivity contribution in [2.45, 2.75) is 38.8 Å². The zero-order valence-corrected chi connectivity index (χ0v) is 18.6. The van der Waals surface area contributed by atoms with E-state index in [9.17, 15) is 18.0 Å². The van der Waals surface area contributed by atoms with Gasteiger partial charge in [-0.15, -0.1) is 0 Å². The van der Waals surface area contributed by atoms with E-state index < -0.39 is 28.3 Å². The molecule has 30 heavy (non-hydrogen) atoms. The molecule has 1 fully saturated rings. The van der Waals surface area contributed by atoms with Crippen molar-refractivity contribution in [2.24, 2.45) is 0 Å². The molecule has 1 heterocycles. The Morgan fingerprint density at radius 1 is 1.27 bits per heavy atom. The molecule has 2 rings (SSSR count). The Morgan fingerprint density at radius 2 is 2.00 bits per heavy atom. The normalized spacial score (nSPS) is 18.7. The van der Waals surface area contributed by atoms with Gasteiger partial charge >= 0.3 is 5.97 Å². The van der Waals surface area contributed by atoms with Crippen LogP contribution in [-0.2, 0) is 24.2 Å². The number of nitrogens with zero attached hydrogens (tertiary/aromatic N) is 1. The molecule has 1 aromatic rings. The summed E-state index contributed by atoms with van der Waals surface area (Å²) >= 11 is 0. The van der Waals surface area contributed by atoms with Crippen LogP contribution in [-0.4, -0.2) is 69.6 Å². The number of rotatable bonds is 9. The van der Waals surface area contributed by atoms with Crippen molar-refractivity contribution in [3.63, 3.8) is 0 Å². The molecule has 0 bridgehead atoms. The molecule has 2 atom stereocenters. The van der Waals surface area contributed by atoms with Crippen molar-refractivity contribution in [1.82, 2.24) is 4.90 Å². The van der Waals surface area contributed by atoms with Gasteiger partial charge in [0, 0.05) is 23.7 Å². The van der Waals surface area contributed by atoms with E-state index in [0.717, 1.165) is 0 Å². The largest absolute Gasteiger partial charge is 0.497 e. The molecular weight excluding hydrogens is 410 g/mol. The number of methoxy groups -OCH3 is 2. The first-order valence-corrected chi connectivity index (χ1v) is 11.6. The monoisotopic (exact) mass is 439 g/mol. The van der Waals surface area contributed by atoms with Crippen molar-refractivity contribution >= 4 is 27.8 Å². The van der Waals surface area contributed by atoms with E-state index >= 15 is 0 Å². The van der Waals surface area contributed by atoms with Crippen LogP contribution in [0.25, 0.3) is 6.08 Å². The minimum absolute atomic E-state index is 0.0490. The molecule has 0 aromatic heterocycles. The highest BCUT2D eigenvalue weighted by Gasteiger charge is 2.36. The lowest BCUT2D eigenvalue weighted by molar-refractivity contribution is -0.150. The smallest absolute Gasteiger partial charge is 0.331 e. The second-order valence-corrected chi connectivity index (χ2v) is 9.39. The Hall–Kier alpha value is -2.55. The maximum atomic E-state index is 12.7. The van der Waals surface area contributed by atoms with Crippen molar-refractivity contribution < 1.29 is 32.2 Å². The van der Waals surface area contributed by atoms with Gasteiger partial charge in [-0.1, -0.05) is 6.92 Å². The molecule has 0 radical (unpaired) electrons. The summed E-state index contributed by atoms with van der Waals surface area (Å²) in [5.74, 6) is 0.106. The number of benzene rings is 1. The highest BCUT2D eigenvalue weighted by molar-refractivity contribution is 7.91. The highest BCUT2D eigenvalue weighted by atomic mass is 32.2. The maximum absolute atomic E-state index is 12.7. The highest BCUT2D eigenvalue weighted by Crippen LogP contribution is 2.25. The Labute approximate surface area is 177 Å². The summed E-state index contributed by atoms with van der Waals surface area (Å²) in [5, 5.41) is 0. The third-order valence-corrected chi connectivity index (χ3v) is 6.88. The van der Waals surface area contributed by atoms with Crippen LogP contribution in [0.5, 0.6) is 11.5 Å². The van der Waals surface area contributed by atoms with E-state index in [1.807, 2.05) is 13.8 Å². The van der Waals surface area contributed by atoms with E-state index in [1.54, 1.807) is 23.1 Å². The summed E-state index contributed by atoms with van der Waals surface area (Å²) in [7, 11) is -0.0814. The number of esters is 1. The molecule has 1 amide bonds. The van der Waals surface area contributed by atoms with Gasteiger partial charge in [0.2, 0.25) is 0 Å². The lowest BCUT2D eigenvalue weighted by Gasteiger charge is -2.33. The molecule has 166 valence electrons. The molecule has 1 saturated heterocycles. The number of amides is 1. The minimum Gasteiger partial charge on any atom is -0.497 e. The molecule has 9 heteroatoms. The second-order valence-electron chi connectivity index (χ2n) is 7.16. The van der Waals surface area contributed by atoms with Gasteiger partial charge < -0.3 is 19.1 Å². The Balaban J connectivity index is 2.01. The van der Waals surface area contributed by atoms with Crippen LogP contribution in [0.15, 0.2) is 24.3 Å². The molecule has 1 aromatic carbocycles. The fraction of sp³-hybridized carbons (Fsp3) is 0.524. The third kappa shape index (κ3) is 6.22. The van der Waals surface area contributed by atoms with Gasteiger partial charge in [-0.25, -0.2) is 13.2 Å². The first-order chi connectivity index (χ1) is 14.2. The number of hydrogen-bond donors (Lipinski definition) is 0. The maximum Gasteiger partial charge on any atom is 0.331 e. The van der Waals surface area contributed by atoms with Gasteiger partial charge in [-0.05, 0) is 44.0 Å². The Bertz CT molecular complexity index is 895. The topological polar surface area (TPSA) is 99.2 Å². The van der Waals surface area contributed by atoms with Gasteiger partial charge in [-0.2, -0.15) is 0 Å². The predicted octanol–water partition coefficient (Wildman–Crippen LogP) is 2.07. The summed E-state index contributed by atoms with van der Waals surface area (Å²) in [4.78, 5) is 26.4. The number of carbonyl (C=O) groups excluding carboxylic acids is 2. The Kier molecular flexibility index (Phi) is 8.28. The van der Waals surface area contributed by atoms with Gasteiger partial charge in [-0.3, -0.25) is 4.79 Å². The third-order valence-electron chi connectivity index (χ3n) is 5.13. The minimum atomic E-state index is -3.13. The summed E-state index contributed by atoms with van der Waals surface area (Å²) in [6.45, 7) is 3.34. The van der Waals surface area contributed by atoms with Crippen LogP contribution in [0.3, 0.4) is 0 Å². The summed E-state index contributed by atoms with van der Waals surface area (Å²) in [6.07, 6.45) is 3.80. The molecule has 0 spiro atoms. The zero-order chi connectivity index (χ0) is 22.3. The summed E-state index contributed by atoms with van der Waals surface area (Å²) in [6, 6.07) is 4.63. The molecular formula is C21H29NO7S. The molecule has 0 N–H and O–H groups in total. The van der Waals surface area contributed by atoms with Gasteiger partial charge in [0.15, 0.2) is 16.4 Å². The van der Waals surface area contributed by atoms with Crippen LogP contribution >= 0.6 is 0 Å². The summed E-state index contributed by atoms with van der Waals surface area (Å²) < 4.78 is 39.1. The molecule has 2 unspecified atom stereocenters. The second kappa shape index (κ2) is 10.5. The Morgan fingerprint density at radius 3 is 2.57 bits per heavy atom. The lowest BCUT2D eigenvalue weighted by Crippen LogP contribution is -2.48. The fourth-order valence-corrected chi connectivity index (χ4v) is 5.10. The number of carbonyl (C=O) groups is 2. The van der Waals surface area contributed by atoms with Crippen LogP contribution < -0.4 is 9.47 Å². The molecule has 1 aliphatic rings. The van der Waals surface area contributed by atoms with E-state index in [2.05, 4.69) is 0 Å². The zero-order valence-electron chi connectivity index (χ0n) is 17.8. The van der Waals surface area contributed by atoms with Crippen molar-refractivity contribution in [2.75, 3.05) is 32.3 Å². The number of hydrogen-bond acceptors (Lipinski definition) is 7. The van der Waals surface area contributed by atoms with Crippen molar-refractivity contribution in [1.29, 1.82) is 0 Å². The van der Waals surface area contributed by atoms with Crippen LogP contribution in [0.1, 0.15) is 32.3 Å². The number of ether oxygens (including phenoxy) is 3. The van der Waals surface area contributed by atoms with E-state index in [1.165, 1.54) is 26.4 Å². The average molecular weight is 440 g/mol. The first-order valence-electron chi connectivity index (χ1n) is 9.79. The van der Waals surface area contributed by atoms with Gasteiger partial charge in [0.25, 0.3) is 5.91 Å². The average Bonchev–Trinajstić information content (AvgIpc) is 3.09. The standard InChI is InChI=1S/C21H29NO7S/c1-5-15(2)22(17-10-11-30(25,26)14-17)20(23)13-29-21(24)9-6-16-12-18(27-3)7-8-19(16)28-4/h6-9,12,15,17H,5,10-11,13-14H2,1-4H3/b9-6+. The van der Waals surface area contributed by atoms with Gasteiger partial charge in [0.1, 0.15) is 11.5 Å². The van der Waals surface area contributed by atoms with Crippen molar-refractivity contribution in [3.8, 4) is 11.5 Å². The lowest BCUT2D eigenvalue weighted by atomic mass is 10.1. The number of sulfone groups is 1.